The molecule has 0 unspecified atom stereocenters. The van der Waals surface area contributed by atoms with Crippen molar-refractivity contribution in [3.8, 4) is 17.3 Å². The van der Waals surface area contributed by atoms with Gasteiger partial charge in [-0.1, -0.05) is 32.8 Å². The number of aryl methyl sites for hydroxylation is 2. The van der Waals surface area contributed by atoms with E-state index < -0.39 is 0 Å². The number of piperidine rings is 1. The molecule has 1 amide bonds. The number of hydrogen-bond donors (Lipinski definition) is 0. The molecule has 7 nitrogen and oxygen atoms in total. The molecule has 2 fully saturated rings. The van der Waals surface area contributed by atoms with Crippen molar-refractivity contribution >= 4 is 5.91 Å². The van der Waals surface area contributed by atoms with E-state index in [0.717, 1.165) is 49.2 Å². The first-order chi connectivity index (χ1) is 16.5. The number of carbonyl (C=O) groups excluding carboxylic acids is 1. The van der Waals surface area contributed by atoms with E-state index in [-0.39, 0.29) is 5.91 Å². The third-order valence-electron chi connectivity index (χ3n) is 7.35. The minimum Gasteiger partial charge on any atom is -0.420 e. The quantitative estimate of drug-likeness (QED) is 0.476. The number of fused-ring (bicyclic) bond motifs is 1. The second kappa shape index (κ2) is 9.72. The number of hydrogen-bond acceptors (Lipinski definition) is 5. The maximum Gasteiger partial charge on any atom is 0.268 e. The zero-order valence-corrected chi connectivity index (χ0v) is 20.5. The molecule has 1 aromatic carbocycles. The SMILES string of the molecule is Cc1nnc(-c2cc(CCC(C)C)n(-c3cccc(C(=O)N4CCC[C@H]5CCCC[C@H]54)c3)n2)o1. The number of aromatic nitrogens is 4. The maximum absolute atomic E-state index is 13.6. The van der Waals surface area contributed by atoms with Crippen molar-refractivity contribution in [3.05, 3.63) is 47.5 Å². The summed E-state index contributed by atoms with van der Waals surface area (Å²) in [5.74, 6) is 2.34. The highest BCUT2D eigenvalue weighted by atomic mass is 16.4. The van der Waals surface area contributed by atoms with E-state index in [1.54, 1.807) is 6.92 Å². The average molecular weight is 462 g/mol. The van der Waals surface area contributed by atoms with Gasteiger partial charge in [0, 0.05) is 30.8 Å². The molecule has 2 atom stereocenters. The average Bonchev–Trinajstić information content (AvgIpc) is 3.48. The van der Waals surface area contributed by atoms with Crippen LogP contribution in [0.15, 0.2) is 34.7 Å². The largest absolute Gasteiger partial charge is 0.420 e. The van der Waals surface area contributed by atoms with Gasteiger partial charge in [-0.15, -0.1) is 10.2 Å². The Bertz CT molecular complexity index is 1150. The molecule has 0 spiro atoms. The number of benzene rings is 1. The van der Waals surface area contributed by atoms with E-state index in [0.29, 0.717) is 35.4 Å². The third-order valence-corrected chi connectivity index (χ3v) is 7.35. The molecule has 180 valence electrons. The molecule has 0 bridgehead atoms. The van der Waals surface area contributed by atoms with Gasteiger partial charge in [0.05, 0.1) is 5.69 Å². The number of rotatable bonds is 6. The highest BCUT2D eigenvalue weighted by Gasteiger charge is 2.36. The molecule has 1 aliphatic heterocycles. The monoisotopic (exact) mass is 461 g/mol. The lowest BCUT2D eigenvalue weighted by atomic mass is 9.78. The minimum absolute atomic E-state index is 0.155. The zero-order valence-electron chi connectivity index (χ0n) is 20.5. The molecule has 3 aromatic rings. The van der Waals surface area contributed by atoms with Gasteiger partial charge in [0.15, 0.2) is 0 Å². The highest BCUT2D eigenvalue weighted by molar-refractivity contribution is 5.95. The summed E-state index contributed by atoms with van der Waals surface area (Å²) in [6.45, 7) is 7.09. The van der Waals surface area contributed by atoms with Gasteiger partial charge in [-0.3, -0.25) is 4.79 Å². The van der Waals surface area contributed by atoms with Crippen molar-refractivity contribution in [2.75, 3.05) is 6.54 Å². The van der Waals surface area contributed by atoms with E-state index >= 15 is 0 Å². The Kier molecular flexibility index (Phi) is 6.53. The predicted molar refractivity (Wildman–Crippen MR) is 131 cm³/mol. The van der Waals surface area contributed by atoms with Crippen LogP contribution in [0.4, 0.5) is 0 Å². The number of nitrogens with zero attached hydrogens (tertiary/aromatic N) is 5. The van der Waals surface area contributed by atoms with Crippen LogP contribution in [0.25, 0.3) is 17.3 Å². The zero-order chi connectivity index (χ0) is 23.7. The Morgan fingerprint density at radius 1 is 1.12 bits per heavy atom. The second-order valence-electron chi connectivity index (χ2n) is 10.3. The van der Waals surface area contributed by atoms with Crippen LogP contribution in [0, 0.1) is 18.8 Å². The third kappa shape index (κ3) is 4.65. The molecular weight excluding hydrogens is 426 g/mol. The summed E-state index contributed by atoms with van der Waals surface area (Å²) in [4.78, 5) is 15.8. The fraction of sp³-hybridized carbons (Fsp3) is 0.556. The van der Waals surface area contributed by atoms with Crippen molar-refractivity contribution in [3.63, 3.8) is 0 Å². The van der Waals surface area contributed by atoms with E-state index in [4.69, 9.17) is 9.52 Å². The van der Waals surface area contributed by atoms with Crippen LogP contribution in [-0.2, 0) is 6.42 Å². The lowest BCUT2D eigenvalue weighted by Crippen LogP contribution is -2.49. The van der Waals surface area contributed by atoms with Crippen molar-refractivity contribution < 1.29 is 9.21 Å². The van der Waals surface area contributed by atoms with Gasteiger partial charge in [-0.25, -0.2) is 4.68 Å². The molecular formula is C27H35N5O2. The van der Waals surface area contributed by atoms with E-state index in [2.05, 4.69) is 28.9 Å². The van der Waals surface area contributed by atoms with Crippen molar-refractivity contribution in [2.24, 2.45) is 11.8 Å². The molecule has 1 saturated carbocycles. The van der Waals surface area contributed by atoms with Gasteiger partial charge in [0.2, 0.25) is 5.89 Å². The van der Waals surface area contributed by atoms with Gasteiger partial charge >= 0.3 is 0 Å². The first-order valence-corrected chi connectivity index (χ1v) is 12.8. The van der Waals surface area contributed by atoms with Crippen LogP contribution < -0.4 is 0 Å². The van der Waals surface area contributed by atoms with Crippen LogP contribution in [0.3, 0.4) is 0 Å². The minimum atomic E-state index is 0.155. The van der Waals surface area contributed by atoms with Crippen LogP contribution in [0.2, 0.25) is 0 Å². The summed E-state index contributed by atoms with van der Waals surface area (Å²) >= 11 is 0. The highest BCUT2D eigenvalue weighted by Crippen LogP contribution is 2.36. The summed E-state index contributed by atoms with van der Waals surface area (Å²) in [6, 6.07) is 10.3. The maximum atomic E-state index is 13.6. The molecule has 5 rings (SSSR count). The standard InChI is InChI=1S/C27H35N5O2/c1-18(2)13-14-23-17-24(26-29-28-19(3)34-26)30-32(23)22-11-6-9-21(16-22)27(33)31-15-7-10-20-8-4-5-12-25(20)31/h6,9,11,16-18,20,25H,4-5,7-8,10,12-15H2,1-3H3/t20-,25-/m1/s1. The molecule has 3 heterocycles. The van der Waals surface area contributed by atoms with Crippen LogP contribution >= 0.6 is 0 Å². The van der Waals surface area contributed by atoms with Gasteiger partial charge in [0.25, 0.3) is 11.8 Å². The van der Waals surface area contributed by atoms with Crippen LogP contribution in [0.5, 0.6) is 0 Å². The summed E-state index contributed by atoms with van der Waals surface area (Å²) < 4.78 is 7.57. The molecule has 7 heteroatoms. The Morgan fingerprint density at radius 3 is 2.74 bits per heavy atom. The normalized spacial score (nSPS) is 20.5. The molecule has 1 aliphatic carbocycles. The Hall–Kier alpha value is -2.96. The Labute approximate surface area is 201 Å². The van der Waals surface area contributed by atoms with Crippen molar-refractivity contribution in [1.29, 1.82) is 0 Å². The number of amides is 1. The summed E-state index contributed by atoms with van der Waals surface area (Å²) in [5, 5.41) is 12.9. The lowest BCUT2D eigenvalue weighted by Gasteiger charge is -2.44. The van der Waals surface area contributed by atoms with Gasteiger partial charge in [-0.05, 0) is 74.6 Å². The number of carbonyl (C=O) groups is 1. The van der Waals surface area contributed by atoms with Gasteiger partial charge < -0.3 is 9.32 Å². The summed E-state index contributed by atoms with van der Waals surface area (Å²) in [7, 11) is 0. The molecule has 34 heavy (non-hydrogen) atoms. The van der Waals surface area contributed by atoms with E-state index in [1.807, 2.05) is 35.0 Å². The molecule has 1 saturated heterocycles. The predicted octanol–water partition coefficient (Wildman–Crippen LogP) is 5.61. The summed E-state index contributed by atoms with van der Waals surface area (Å²) in [6.07, 6.45) is 9.24. The molecule has 0 radical (unpaired) electrons. The fourth-order valence-electron chi connectivity index (χ4n) is 5.58. The van der Waals surface area contributed by atoms with Gasteiger partial charge in [0.1, 0.15) is 5.69 Å². The second-order valence-corrected chi connectivity index (χ2v) is 10.3. The first-order valence-electron chi connectivity index (χ1n) is 12.8. The number of likely N-dealkylation sites (tertiary alicyclic amines) is 1. The van der Waals surface area contributed by atoms with E-state index in [1.165, 1.54) is 25.7 Å². The van der Waals surface area contributed by atoms with Crippen molar-refractivity contribution in [1.82, 2.24) is 24.9 Å². The Morgan fingerprint density at radius 2 is 1.94 bits per heavy atom. The van der Waals surface area contributed by atoms with Crippen molar-refractivity contribution in [2.45, 2.75) is 78.2 Å². The topological polar surface area (TPSA) is 77.1 Å². The van der Waals surface area contributed by atoms with Crippen LogP contribution in [0.1, 0.15) is 80.7 Å². The summed E-state index contributed by atoms with van der Waals surface area (Å²) in [5.41, 5.74) is 3.38. The molecule has 2 aromatic heterocycles. The van der Waals surface area contributed by atoms with E-state index in [9.17, 15) is 4.79 Å². The Balaban J connectivity index is 1.46. The molecule has 0 N–H and O–H groups in total. The van der Waals surface area contributed by atoms with Crippen LogP contribution in [-0.4, -0.2) is 43.4 Å². The smallest absolute Gasteiger partial charge is 0.268 e. The molecule has 2 aliphatic rings. The fourth-order valence-corrected chi connectivity index (χ4v) is 5.58. The lowest BCUT2D eigenvalue weighted by molar-refractivity contribution is 0.0390. The van der Waals surface area contributed by atoms with Gasteiger partial charge in [-0.2, -0.15) is 5.10 Å². The first kappa shape index (κ1) is 22.8.